The summed E-state index contributed by atoms with van der Waals surface area (Å²) >= 11 is 0. The average Bonchev–Trinajstić information content (AvgIpc) is 2.18. The number of hydrogen-bond donors (Lipinski definition) is 0. The maximum atomic E-state index is 2.22. The molecule has 0 atom stereocenters. The molecule has 0 aromatic heterocycles. The maximum absolute atomic E-state index is 2.22. The smallest absolute Gasteiger partial charge is 0.0196 e. The van der Waals surface area contributed by atoms with Gasteiger partial charge in [0.2, 0.25) is 0 Å². The standard InChI is InChI=1S/C13H18/c1-4-8-13-11(5-2)9-7-10-12(13)6-3/h4,7-10H,5-6H2,1-3H3/b8-4-. The zero-order chi connectivity index (χ0) is 9.68. The Morgan fingerprint density at radius 1 is 1.08 bits per heavy atom. The molecule has 70 valence electrons. The van der Waals surface area contributed by atoms with Crippen molar-refractivity contribution in [1.29, 1.82) is 0 Å². The van der Waals surface area contributed by atoms with Crippen LogP contribution >= 0.6 is 0 Å². The molecule has 1 aromatic carbocycles. The molecule has 0 aliphatic rings. The quantitative estimate of drug-likeness (QED) is 0.653. The van der Waals surface area contributed by atoms with Crippen LogP contribution in [-0.4, -0.2) is 0 Å². The SMILES string of the molecule is C/C=C\c1c(CC)cccc1CC. The van der Waals surface area contributed by atoms with Gasteiger partial charge in [-0.1, -0.05) is 44.2 Å². The Morgan fingerprint density at radius 3 is 2.00 bits per heavy atom. The van der Waals surface area contributed by atoms with E-state index in [0.29, 0.717) is 0 Å². The van der Waals surface area contributed by atoms with E-state index in [0.717, 1.165) is 12.8 Å². The summed E-state index contributed by atoms with van der Waals surface area (Å²) in [6.45, 7) is 6.50. The van der Waals surface area contributed by atoms with Crippen LogP contribution in [0, 0.1) is 0 Å². The fourth-order valence-corrected chi connectivity index (χ4v) is 1.66. The Kier molecular flexibility index (Phi) is 3.75. The number of allylic oxidation sites excluding steroid dienone is 1. The highest BCUT2D eigenvalue weighted by molar-refractivity contribution is 5.58. The second kappa shape index (κ2) is 4.86. The van der Waals surface area contributed by atoms with Crippen LogP contribution in [0.2, 0.25) is 0 Å². The number of aryl methyl sites for hydroxylation is 2. The number of rotatable bonds is 3. The molecule has 0 aliphatic carbocycles. The van der Waals surface area contributed by atoms with E-state index in [9.17, 15) is 0 Å². The van der Waals surface area contributed by atoms with Crippen molar-refractivity contribution in [2.24, 2.45) is 0 Å². The highest BCUT2D eigenvalue weighted by Gasteiger charge is 2.01. The van der Waals surface area contributed by atoms with Crippen LogP contribution in [0.1, 0.15) is 37.5 Å². The summed E-state index contributed by atoms with van der Waals surface area (Å²) in [5, 5.41) is 0. The van der Waals surface area contributed by atoms with E-state index in [-0.39, 0.29) is 0 Å². The molecule has 0 heteroatoms. The molecule has 0 unspecified atom stereocenters. The summed E-state index contributed by atoms with van der Waals surface area (Å²) in [7, 11) is 0. The largest absolute Gasteiger partial charge is 0.0870 e. The summed E-state index contributed by atoms with van der Waals surface area (Å²) in [6, 6.07) is 6.59. The van der Waals surface area contributed by atoms with E-state index in [1.165, 1.54) is 16.7 Å². The molecule has 1 rings (SSSR count). The van der Waals surface area contributed by atoms with E-state index in [1.54, 1.807) is 0 Å². The second-order valence-corrected chi connectivity index (χ2v) is 3.20. The molecule has 0 amide bonds. The molecule has 0 nitrogen and oxygen atoms in total. The molecule has 0 fully saturated rings. The monoisotopic (exact) mass is 174 g/mol. The van der Waals surface area contributed by atoms with E-state index >= 15 is 0 Å². The molecule has 1 aromatic rings. The molecule has 0 radical (unpaired) electrons. The zero-order valence-electron chi connectivity index (χ0n) is 8.80. The third-order valence-corrected chi connectivity index (χ3v) is 2.38. The van der Waals surface area contributed by atoms with Crippen molar-refractivity contribution < 1.29 is 0 Å². The van der Waals surface area contributed by atoms with E-state index in [1.807, 2.05) is 0 Å². The number of benzene rings is 1. The van der Waals surface area contributed by atoms with Crippen LogP contribution in [0.4, 0.5) is 0 Å². The minimum Gasteiger partial charge on any atom is -0.0870 e. The Hall–Kier alpha value is -1.04. The van der Waals surface area contributed by atoms with Gasteiger partial charge in [0.25, 0.3) is 0 Å². The predicted molar refractivity (Wildman–Crippen MR) is 59.9 cm³/mol. The molecule has 0 bridgehead atoms. The molecule has 0 saturated carbocycles. The third-order valence-electron chi connectivity index (χ3n) is 2.38. The summed E-state index contributed by atoms with van der Waals surface area (Å²) < 4.78 is 0. The lowest BCUT2D eigenvalue weighted by Crippen LogP contribution is -1.92. The van der Waals surface area contributed by atoms with Gasteiger partial charge in [0, 0.05) is 0 Å². The van der Waals surface area contributed by atoms with Gasteiger partial charge in [-0.2, -0.15) is 0 Å². The van der Waals surface area contributed by atoms with Gasteiger partial charge in [0.15, 0.2) is 0 Å². The minimum absolute atomic E-state index is 1.12. The Bertz CT molecular complexity index is 273. The van der Waals surface area contributed by atoms with Crippen LogP contribution in [-0.2, 0) is 12.8 Å². The van der Waals surface area contributed by atoms with Gasteiger partial charge >= 0.3 is 0 Å². The van der Waals surface area contributed by atoms with Crippen LogP contribution in [0.15, 0.2) is 24.3 Å². The molecule has 0 saturated heterocycles. The fourth-order valence-electron chi connectivity index (χ4n) is 1.66. The van der Waals surface area contributed by atoms with Gasteiger partial charge in [-0.15, -0.1) is 0 Å². The van der Waals surface area contributed by atoms with E-state index < -0.39 is 0 Å². The lowest BCUT2D eigenvalue weighted by Gasteiger charge is -2.08. The Morgan fingerprint density at radius 2 is 1.62 bits per heavy atom. The Balaban J connectivity index is 3.21. The normalized spacial score (nSPS) is 11.0. The fraction of sp³-hybridized carbons (Fsp3) is 0.385. The first-order chi connectivity index (χ1) is 6.33. The van der Waals surface area contributed by atoms with Crippen molar-refractivity contribution in [2.75, 3.05) is 0 Å². The molecule has 0 spiro atoms. The van der Waals surface area contributed by atoms with Gasteiger partial charge in [-0.05, 0) is 36.5 Å². The highest BCUT2D eigenvalue weighted by Crippen LogP contribution is 2.17. The van der Waals surface area contributed by atoms with Gasteiger partial charge in [0.1, 0.15) is 0 Å². The number of hydrogen-bond acceptors (Lipinski definition) is 0. The first-order valence-electron chi connectivity index (χ1n) is 5.06. The minimum atomic E-state index is 1.12. The summed E-state index contributed by atoms with van der Waals surface area (Å²) in [6.07, 6.45) is 6.58. The lowest BCUT2D eigenvalue weighted by atomic mass is 9.97. The average molecular weight is 174 g/mol. The third kappa shape index (κ3) is 2.21. The topological polar surface area (TPSA) is 0 Å². The van der Waals surface area contributed by atoms with E-state index in [2.05, 4.69) is 51.1 Å². The van der Waals surface area contributed by atoms with Crippen molar-refractivity contribution in [1.82, 2.24) is 0 Å². The lowest BCUT2D eigenvalue weighted by molar-refractivity contribution is 1.08. The molecular weight excluding hydrogens is 156 g/mol. The molecule has 0 N–H and O–H groups in total. The van der Waals surface area contributed by atoms with Crippen LogP contribution in [0.25, 0.3) is 6.08 Å². The summed E-state index contributed by atoms with van der Waals surface area (Å²) in [5.41, 5.74) is 4.34. The van der Waals surface area contributed by atoms with Gasteiger partial charge in [-0.25, -0.2) is 0 Å². The molecule has 0 heterocycles. The van der Waals surface area contributed by atoms with E-state index in [4.69, 9.17) is 0 Å². The predicted octanol–water partition coefficient (Wildman–Crippen LogP) is 3.84. The van der Waals surface area contributed by atoms with Crippen molar-refractivity contribution in [3.8, 4) is 0 Å². The molecule has 0 aliphatic heterocycles. The second-order valence-electron chi connectivity index (χ2n) is 3.20. The van der Waals surface area contributed by atoms with Crippen molar-refractivity contribution in [3.05, 3.63) is 41.0 Å². The molecular formula is C13H18. The first kappa shape index (κ1) is 10.0. The van der Waals surface area contributed by atoms with Crippen LogP contribution in [0.5, 0.6) is 0 Å². The van der Waals surface area contributed by atoms with Crippen LogP contribution in [0.3, 0.4) is 0 Å². The van der Waals surface area contributed by atoms with Gasteiger partial charge < -0.3 is 0 Å². The summed E-state index contributed by atoms with van der Waals surface area (Å²) in [5.74, 6) is 0. The van der Waals surface area contributed by atoms with Crippen LogP contribution < -0.4 is 0 Å². The van der Waals surface area contributed by atoms with Gasteiger partial charge in [0.05, 0.1) is 0 Å². The highest BCUT2D eigenvalue weighted by atomic mass is 14.1. The van der Waals surface area contributed by atoms with Gasteiger partial charge in [-0.3, -0.25) is 0 Å². The molecule has 13 heavy (non-hydrogen) atoms. The van der Waals surface area contributed by atoms with Crippen molar-refractivity contribution >= 4 is 6.08 Å². The van der Waals surface area contributed by atoms with Crippen molar-refractivity contribution in [2.45, 2.75) is 33.6 Å². The maximum Gasteiger partial charge on any atom is -0.0196 e. The zero-order valence-corrected chi connectivity index (χ0v) is 8.80. The van der Waals surface area contributed by atoms with Crippen molar-refractivity contribution in [3.63, 3.8) is 0 Å². The Labute approximate surface area is 81.3 Å². The first-order valence-corrected chi connectivity index (χ1v) is 5.06. The summed E-state index contributed by atoms with van der Waals surface area (Å²) in [4.78, 5) is 0.